The fraction of sp³-hybridized carbons (Fsp3) is 0.118. The highest BCUT2D eigenvalue weighted by Crippen LogP contribution is 2.30. The van der Waals surface area contributed by atoms with Crippen LogP contribution in [0.25, 0.3) is 11.3 Å². The van der Waals surface area contributed by atoms with Gasteiger partial charge in [-0.25, -0.2) is 0 Å². The van der Waals surface area contributed by atoms with Crippen molar-refractivity contribution in [2.45, 2.75) is 13.1 Å². The van der Waals surface area contributed by atoms with Gasteiger partial charge < -0.3 is 14.8 Å². The van der Waals surface area contributed by atoms with E-state index in [1.165, 1.54) is 6.92 Å². The molecule has 0 aliphatic heterocycles. The summed E-state index contributed by atoms with van der Waals surface area (Å²) in [5, 5.41) is 6.02. The number of aryl methyl sites for hydroxylation is 1. The number of nitrogens with zero attached hydrogens (tertiary/aromatic N) is 1. The number of alkyl halides is 3. The van der Waals surface area contributed by atoms with Gasteiger partial charge >= 0.3 is 6.18 Å². The number of hydrogen-bond donors (Lipinski definition) is 2. The first-order valence-electron chi connectivity index (χ1n) is 7.40. The molecule has 0 atom stereocenters. The highest BCUT2D eigenvalue weighted by Gasteiger charge is 2.32. The van der Waals surface area contributed by atoms with Crippen molar-refractivity contribution < 1.29 is 22.5 Å². The van der Waals surface area contributed by atoms with Crippen LogP contribution in [-0.4, -0.2) is 16.0 Å². The van der Waals surface area contributed by atoms with Crippen LogP contribution < -0.4 is 10.9 Å². The van der Waals surface area contributed by atoms with Gasteiger partial charge in [-0.3, -0.25) is 9.59 Å². The molecule has 134 valence electrons. The number of aromatic amines is 1. The van der Waals surface area contributed by atoms with E-state index in [9.17, 15) is 22.8 Å². The highest BCUT2D eigenvalue weighted by molar-refractivity contribution is 6.08. The van der Waals surface area contributed by atoms with Crippen LogP contribution in [0.3, 0.4) is 0 Å². The second kappa shape index (κ2) is 6.51. The van der Waals surface area contributed by atoms with E-state index < -0.39 is 28.9 Å². The number of H-pyrrole nitrogens is 1. The largest absolute Gasteiger partial charge is 0.417 e. The zero-order valence-corrected chi connectivity index (χ0v) is 13.3. The van der Waals surface area contributed by atoms with Crippen LogP contribution in [0.2, 0.25) is 0 Å². The number of amides is 1. The Balaban J connectivity index is 1.98. The molecule has 0 aliphatic carbocycles. The molecule has 2 aromatic heterocycles. The Morgan fingerprint density at radius 2 is 1.92 bits per heavy atom. The SMILES string of the molecule is Cc1onc(-c2ccccc2)c1C(=O)Nc1cc(C(F)(F)F)c[nH]c1=O. The van der Waals surface area contributed by atoms with Crippen LogP contribution in [0.1, 0.15) is 21.7 Å². The number of benzene rings is 1. The standard InChI is InChI=1S/C17H12F3N3O3/c1-9-13(14(23-26-9)10-5-3-2-4-6-10)16(25)22-12-7-11(17(18,19)20)8-21-15(12)24/h2-8H,1H3,(H,21,24)(H,22,25). The maximum atomic E-state index is 12.8. The molecule has 0 radical (unpaired) electrons. The van der Waals surface area contributed by atoms with Gasteiger partial charge in [0.2, 0.25) is 0 Å². The van der Waals surface area contributed by atoms with E-state index in [1.54, 1.807) is 30.3 Å². The molecule has 6 nitrogen and oxygen atoms in total. The molecule has 26 heavy (non-hydrogen) atoms. The highest BCUT2D eigenvalue weighted by atomic mass is 19.4. The molecule has 2 heterocycles. The molecule has 0 unspecified atom stereocenters. The summed E-state index contributed by atoms with van der Waals surface area (Å²) in [6.07, 6.45) is -4.12. The van der Waals surface area contributed by atoms with E-state index >= 15 is 0 Å². The lowest BCUT2D eigenvalue weighted by Crippen LogP contribution is -2.22. The minimum absolute atomic E-state index is 0.0352. The number of rotatable bonds is 3. The summed E-state index contributed by atoms with van der Waals surface area (Å²) in [4.78, 5) is 26.3. The lowest BCUT2D eigenvalue weighted by atomic mass is 10.1. The molecule has 1 amide bonds. The minimum Gasteiger partial charge on any atom is -0.360 e. The van der Waals surface area contributed by atoms with E-state index in [0.29, 0.717) is 17.8 Å². The summed E-state index contributed by atoms with van der Waals surface area (Å²) in [5.74, 6) is -0.628. The summed E-state index contributed by atoms with van der Waals surface area (Å²) < 4.78 is 43.4. The topological polar surface area (TPSA) is 88.0 Å². The molecule has 0 aliphatic rings. The maximum Gasteiger partial charge on any atom is 0.417 e. The van der Waals surface area contributed by atoms with Crippen LogP contribution in [0.5, 0.6) is 0 Å². The number of carbonyl (C=O) groups excluding carboxylic acids is 1. The summed E-state index contributed by atoms with van der Waals surface area (Å²) in [6.45, 7) is 1.49. The molecule has 0 saturated heterocycles. The Hall–Kier alpha value is -3.36. The molecule has 9 heteroatoms. The first kappa shape index (κ1) is 17.5. The number of halogens is 3. The van der Waals surface area contributed by atoms with Crippen LogP contribution >= 0.6 is 0 Å². The predicted octanol–water partition coefficient (Wildman–Crippen LogP) is 3.61. The summed E-state index contributed by atoms with van der Waals surface area (Å²) in [7, 11) is 0. The number of carbonyl (C=O) groups is 1. The van der Waals surface area contributed by atoms with Crippen molar-refractivity contribution in [1.82, 2.24) is 10.1 Å². The molecule has 0 spiro atoms. The number of anilines is 1. The van der Waals surface area contributed by atoms with Crippen molar-refractivity contribution in [2.24, 2.45) is 0 Å². The first-order chi connectivity index (χ1) is 12.3. The predicted molar refractivity (Wildman–Crippen MR) is 86.7 cm³/mol. The normalized spacial score (nSPS) is 11.4. The van der Waals surface area contributed by atoms with E-state index in [-0.39, 0.29) is 17.0 Å². The number of hydrogen-bond acceptors (Lipinski definition) is 4. The van der Waals surface area contributed by atoms with Crippen LogP contribution in [-0.2, 0) is 6.18 Å². The van der Waals surface area contributed by atoms with E-state index in [2.05, 4.69) is 10.5 Å². The smallest absolute Gasteiger partial charge is 0.360 e. The van der Waals surface area contributed by atoms with Gasteiger partial charge in [0.25, 0.3) is 11.5 Å². The first-order valence-corrected chi connectivity index (χ1v) is 7.40. The van der Waals surface area contributed by atoms with Crippen LogP contribution in [0.15, 0.2) is 51.9 Å². The van der Waals surface area contributed by atoms with Gasteiger partial charge in [0.1, 0.15) is 22.7 Å². The molecule has 0 saturated carbocycles. The Morgan fingerprint density at radius 1 is 1.23 bits per heavy atom. The fourth-order valence-electron chi connectivity index (χ4n) is 2.36. The van der Waals surface area contributed by atoms with Gasteiger partial charge in [-0.2, -0.15) is 13.2 Å². The zero-order valence-electron chi connectivity index (χ0n) is 13.3. The molecule has 0 fully saturated rings. The minimum atomic E-state index is -4.66. The third-order valence-electron chi connectivity index (χ3n) is 3.62. The molecule has 3 aromatic rings. The molecular formula is C17H12F3N3O3. The second-order valence-corrected chi connectivity index (χ2v) is 5.41. The van der Waals surface area contributed by atoms with Crippen molar-refractivity contribution >= 4 is 11.6 Å². The van der Waals surface area contributed by atoms with Gasteiger partial charge in [0.05, 0.1) is 5.56 Å². The number of pyridine rings is 1. The lowest BCUT2D eigenvalue weighted by Gasteiger charge is -2.09. The van der Waals surface area contributed by atoms with Gasteiger partial charge in [0.15, 0.2) is 0 Å². The molecule has 3 rings (SSSR count). The Kier molecular flexibility index (Phi) is 4.37. The van der Waals surface area contributed by atoms with E-state index in [1.807, 2.05) is 4.98 Å². The quantitative estimate of drug-likeness (QED) is 0.744. The van der Waals surface area contributed by atoms with Gasteiger partial charge in [-0.15, -0.1) is 0 Å². The monoisotopic (exact) mass is 363 g/mol. The van der Waals surface area contributed by atoms with E-state index in [0.717, 1.165) is 0 Å². The Labute approximate surface area is 144 Å². The van der Waals surface area contributed by atoms with Crippen molar-refractivity contribution in [1.29, 1.82) is 0 Å². The summed E-state index contributed by atoms with van der Waals surface area (Å²) in [5.41, 5.74) is -1.62. The maximum absolute atomic E-state index is 12.8. The second-order valence-electron chi connectivity index (χ2n) is 5.41. The lowest BCUT2D eigenvalue weighted by molar-refractivity contribution is -0.137. The molecule has 2 N–H and O–H groups in total. The third kappa shape index (κ3) is 3.37. The van der Waals surface area contributed by atoms with Crippen molar-refractivity contribution in [2.75, 3.05) is 5.32 Å². The van der Waals surface area contributed by atoms with Gasteiger partial charge in [0, 0.05) is 11.8 Å². The van der Waals surface area contributed by atoms with Crippen molar-refractivity contribution in [3.8, 4) is 11.3 Å². The fourth-order valence-corrected chi connectivity index (χ4v) is 2.36. The molecular weight excluding hydrogens is 351 g/mol. The third-order valence-corrected chi connectivity index (χ3v) is 3.62. The Bertz CT molecular complexity index is 1010. The van der Waals surface area contributed by atoms with E-state index in [4.69, 9.17) is 4.52 Å². The average Bonchev–Trinajstić information content (AvgIpc) is 2.98. The van der Waals surface area contributed by atoms with Gasteiger partial charge in [-0.05, 0) is 13.0 Å². The molecule has 0 bridgehead atoms. The zero-order chi connectivity index (χ0) is 18.9. The Morgan fingerprint density at radius 3 is 2.58 bits per heavy atom. The average molecular weight is 363 g/mol. The van der Waals surface area contributed by atoms with Crippen molar-refractivity contribution in [3.63, 3.8) is 0 Å². The summed E-state index contributed by atoms with van der Waals surface area (Å²) >= 11 is 0. The number of aromatic nitrogens is 2. The van der Waals surface area contributed by atoms with Crippen LogP contribution in [0.4, 0.5) is 18.9 Å². The van der Waals surface area contributed by atoms with Crippen LogP contribution in [0, 0.1) is 6.92 Å². The van der Waals surface area contributed by atoms with Crippen molar-refractivity contribution in [3.05, 3.63) is 69.8 Å². The molecule has 1 aromatic carbocycles. The summed E-state index contributed by atoms with van der Waals surface area (Å²) in [6, 6.07) is 9.22. The van der Waals surface area contributed by atoms with Gasteiger partial charge in [-0.1, -0.05) is 35.5 Å². The number of nitrogens with one attached hydrogen (secondary N) is 2.